The maximum absolute atomic E-state index is 12.5. The van der Waals surface area contributed by atoms with E-state index in [0.29, 0.717) is 35.9 Å². The SMILES string of the molecule is Cn1c(=O)c2c(ncn2CCN2CCOc3ccc(Cl)cc3C2)n(C)c1=O. The van der Waals surface area contributed by atoms with Gasteiger partial charge in [-0.05, 0) is 18.2 Å². The van der Waals surface area contributed by atoms with Gasteiger partial charge in [0.05, 0.1) is 6.33 Å². The maximum atomic E-state index is 12.5. The summed E-state index contributed by atoms with van der Waals surface area (Å²) in [6.07, 6.45) is 1.62. The van der Waals surface area contributed by atoms with Gasteiger partial charge < -0.3 is 9.30 Å². The van der Waals surface area contributed by atoms with Gasteiger partial charge in [0.2, 0.25) is 0 Å². The molecule has 0 unspecified atom stereocenters. The maximum Gasteiger partial charge on any atom is 0.332 e. The standard InChI is InChI=1S/C18H20ClN5O3/c1-21-16-15(17(25)22(2)18(21)26)24(11-20-16)6-5-23-7-8-27-14-4-3-13(19)9-12(14)10-23/h3-4,9,11H,5-8,10H2,1-2H3. The third-order valence-electron chi connectivity index (χ3n) is 4.96. The second-order valence-corrected chi connectivity index (χ2v) is 7.13. The number of halogens is 1. The Morgan fingerprint density at radius 2 is 2.00 bits per heavy atom. The molecule has 3 heterocycles. The number of nitrogens with zero attached hydrogens (tertiary/aromatic N) is 5. The van der Waals surface area contributed by atoms with Crippen molar-refractivity contribution in [2.75, 3.05) is 19.7 Å². The highest BCUT2D eigenvalue weighted by Gasteiger charge is 2.18. The summed E-state index contributed by atoms with van der Waals surface area (Å²) in [6, 6.07) is 5.65. The average molecular weight is 390 g/mol. The predicted octanol–water partition coefficient (Wildman–Crippen LogP) is 0.982. The van der Waals surface area contributed by atoms with E-state index in [1.54, 1.807) is 13.4 Å². The molecule has 2 aromatic heterocycles. The summed E-state index contributed by atoms with van der Waals surface area (Å²) in [5.41, 5.74) is 1.18. The highest BCUT2D eigenvalue weighted by Crippen LogP contribution is 2.26. The van der Waals surface area contributed by atoms with Crippen LogP contribution in [-0.4, -0.2) is 43.3 Å². The van der Waals surface area contributed by atoms with E-state index >= 15 is 0 Å². The molecule has 142 valence electrons. The van der Waals surface area contributed by atoms with Crippen LogP contribution in [0.25, 0.3) is 11.2 Å². The molecule has 0 fully saturated rings. The highest BCUT2D eigenvalue weighted by molar-refractivity contribution is 6.30. The van der Waals surface area contributed by atoms with Gasteiger partial charge in [0.1, 0.15) is 12.4 Å². The summed E-state index contributed by atoms with van der Waals surface area (Å²) in [5.74, 6) is 0.860. The Balaban J connectivity index is 1.59. The van der Waals surface area contributed by atoms with Gasteiger partial charge in [-0.15, -0.1) is 0 Å². The van der Waals surface area contributed by atoms with Gasteiger partial charge in [0, 0.05) is 50.9 Å². The van der Waals surface area contributed by atoms with Gasteiger partial charge >= 0.3 is 5.69 Å². The molecule has 8 nitrogen and oxygen atoms in total. The van der Waals surface area contributed by atoms with Gasteiger partial charge in [-0.25, -0.2) is 9.78 Å². The van der Waals surface area contributed by atoms with E-state index in [0.717, 1.165) is 29.0 Å². The summed E-state index contributed by atoms with van der Waals surface area (Å²) in [7, 11) is 3.10. The molecule has 0 atom stereocenters. The van der Waals surface area contributed by atoms with Crippen molar-refractivity contribution in [3.8, 4) is 5.75 Å². The van der Waals surface area contributed by atoms with Crippen LogP contribution in [0.1, 0.15) is 5.56 Å². The van der Waals surface area contributed by atoms with E-state index in [1.165, 1.54) is 11.6 Å². The molecule has 1 aliphatic heterocycles. The van der Waals surface area contributed by atoms with Crippen LogP contribution in [-0.2, 0) is 27.2 Å². The van der Waals surface area contributed by atoms with Crippen molar-refractivity contribution in [1.82, 2.24) is 23.6 Å². The van der Waals surface area contributed by atoms with E-state index in [1.807, 2.05) is 22.8 Å². The van der Waals surface area contributed by atoms with Crippen LogP contribution < -0.4 is 16.0 Å². The molecule has 0 saturated heterocycles. The lowest BCUT2D eigenvalue weighted by molar-refractivity contribution is 0.220. The molecule has 27 heavy (non-hydrogen) atoms. The number of rotatable bonds is 3. The largest absolute Gasteiger partial charge is 0.492 e. The van der Waals surface area contributed by atoms with E-state index < -0.39 is 0 Å². The quantitative estimate of drug-likeness (QED) is 0.667. The van der Waals surface area contributed by atoms with Crippen LogP contribution >= 0.6 is 11.6 Å². The third kappa shape index (κ3) is 3.15. The second kappa shape index (κ2) is 6.86. The number of aromatic nitrogens is 4. The van der Waals surface area contributed by atoms with E-state index in [-0.39, 0.29) is 11.2 Å². The molecule has 1 aromatic carbocycles. The van der Waals surface area contributed by atoms with Crippen molar-refractivity contribution < 1.29 is 4.74 Å². The van der Waals surface area contributed by atoms with Crippen LogP contribution in [0.2, 0.25) is 5.02 Å². The Morgan fingerprint density at radius 1 is 1.19 bits per heavy atom. The smallest absolute Gasteiger partial charge is 0.332 e. The topological polar surface area (TPSA) is 74.3 Å². The molecule has 4 rings (SSSR count). The van der Waals surface area contributed by atoms with Gasteiger partial charge in [0.25, 0.3) is 5.56 Å². The Kier molecular flexibility index (Phi) is 4.53. The fraction of sp³-hybridized carbons (Fsp3) is 0.389. The molecule has 0 aliphatic carbocycles. The first-order valence-corrected chi connectivity index (χ1v) is 9.08. The third-order valence-corrected chi connectivity index (χ3v) is 5.19. The van der Waals surface area contributed by atoms with Crippen molar-refractivity contribution in [1.29, 1.82) is 0 Å². The van der Waals surface area contributed by atoms with Crippen molar-refractivity contribution in [2.24, 2.45) is 14.1 Å². The van der Waals surface area contributed by atoms with Gasteiger partial charge in [-0.1, -0.05) is 11.6 Å². The minimum Gasteiger partial charge on any atom is -0.492 e. The normalized spacial score (nSPS) is 14.8. The van der Waals surface area contributed by atoms with Crippen LogP contribution in [0.5, 0.6) is 5.75 Å². The summed E-state index contributed by atoms with van der Waals surface area (Å²) in [5, 5.41) is 0.684. The lowest BCUT2D eigenvalue weighted by atomic mass is 10.2. The van der Waals surface area contributed by atoms with Gasteiger partial charge in [0.15, 0.2) is 11.2 Å². The zero-order chi connectivity index (χ0) is 19.1. The molecule has 0 saturated carbocycles. The number of ether oxygens (including phenoxy) is 1. The number of fused-ring (bicyclic) bond motifs is 2. The van der Waals surface area contributed by atoms with Crippen LogP contribution in [0.15, 0.2) is 34.1 Å². The fourth-order valence-electron chi connectivity index (χ4n) is 3.42. The lowest BCUT2D eigenvalue weighted by Gasteiger charge is -2.19. The summed E-state index contributed by atoms with van der Waals surface area (Å²) in [6.45, 7) is 3.39. The van der Waals surface area contributed by atoms with Crippen molar-refractivity contribution in [2.45, 2.75) is 13.1 Å². The fourth-order valence-corrected chi connectivity index (χ4v) is 3.62. The van der Waals surface area contributed by atoms with Crippen molar-refractivity contribution in [3.63, 3.8) is 0 Å². The molecule has 0 amide bonds. The first-order chi connectivity index (χ1) is 13.0. The molecular formula is C18H20ClN5O3. The molecule has 0 bridgehead atoms. The zero-order valence-corrected chi connectivity index (χ0v) is 15.9. The Labute approximate surface area is 160 Å². The molecule has 0 spiro atoms. The molecule has 9 heteroatoms. The zero-order valence-electron chi connectivity index (χ0n) is 15.2. The number of aryl methyl sites for hydroxylation is 1. The van der Waals surface area contributed by atoms with E-state index in [2.05, 4.69) is 9.88 Å². The Hall–Kier alpha value is -2.58. The van der Waals surface area contributed by atoms with Gasteiger partial charge in [-0.2, -0.15) is 0 Å². The van der Waals surface area contributed by atoms with Crippen LogP contribution in [0.3, 0.4) is 0 Å². The van der Waals surface area contributed by atoms with Crippen molar-refractivity contribution >= 4 is 22.8 Å². The second-order valence-electron chi connectivity index (χ2n) is 6.69. The van der Waals surface area contributed by atoms with E-state index in [9.17, 15) is 9.59 Å². The first-order valence-electron chi connectivity index (χ1n) is 8.70. The van der Waals surface area contributed by atoms with Crippen LogP contribution in [0.4, 0.5) is 0 Å². The minimum absolute atomic E-state index is 0.332. The summed E-state index contributed by atoms with van der Waals surface area (Å²) in [4.78, 5) is 31.1. The number of hydrogen-bond acceptors (Lipinski definition) is 5. The van der Waals surface area contributed by atoms with Gasteiger partial charge in [-0.3, -0.25) is 18.8 Å². The number of benzene rings is 1. The summed E-state index contributed by atoms with van der Waals surface area (Å²) < 4.78 is 10.1. The average Bonchev–Trinajstić information content (AvgIpc) is 2.97. The van der Waals surface area contributed by atoms with Crippen LogP contribution in [0, 0.1) is 0 Å². The number of imidazole rings is 1. The first kappa shape index (κ1) is 17.8. The Bertz CT molecular complexity index is 1130. The highest BCUT2D eigenvalue weighted by atomic mass is 35.5. The number of hydrogen-bond donors (Lipinski definition) is 0. The molecule has 0 N–H and O–H groups in total. The van der Waals surface area contributed by atoms with E-state index in [4.69, 9.17) is 16.3 Å². The minimum atomic E-state index is -0.379. The Morgan fingerprint density at radius 3 is 2.81 bits per heavy atom. The van der Waals surface area contributed by atoms with Crippen molar-refractivity contribution in [3.05, 3.63) is 56.0 Å². The molecular weight excluding hydrogens is 370 g/mol. The lowest BCUT2D eigenvalue weighted by Crippen LogP contribution is -2.38. The molecule has 1 aliphatic rings. The monoisotopic (exact) mass is 389 g/mol. The predicted molar refractivity (Wildman–Crippen MR) is 102 cm³/mol. The summed E-state index contributed by atoms with van der Waals surface area (Å²) >= 11 is 6.11. The molecule has 0 radical (unpaired) electrons. The molecule has 3 aromatic rings.